The summed E-state index contributed by atoms with van der Waals surface area (Å²) >= 11 is 0. The summed E-state index contributed by atoms with van der Waals surface area (Å²) in [6.07, 6.45) is 7.23. The van der Waals surface area contributed by atoms with Gasteiger partial charge in [0.1, 0.15) is 0 Å². The second kappa shape index (κ2) is 4.46. The average molecular weight is 233 g/mol. The molecule has 2 heterocycles. The summed E-state index contributed by atoms with van der Waals surface area (Å²) in [6, 6.07) is 2.53. The van der Waals surface area contributed by atoms with Crippen LogP contribution < -0.4 is 5.73 Å². The number of aromatic nitrogens is 1. The minimum atomic E-state index is 0.284. The minimum Gasteiger partial charge on any atom is -0.351 e. The van der Waals surface area contributed by atoms with E-state index in [0.717, 1.165) is 12.3 Å². The van der Waals surface area contributed by atoms with Gasteiger partial charge in [0.2, 0.25) is 0 Å². The van der Waals surface area contributed by atoms with E-state index in [1.807, 2.05) is 0 Å². The summed E-state index contributed by atoms with van der Waals surface area (Å²) < 4.78 is 2.47. The van der Waals surface area contributed by atoms with Gasteiger partial charge in [-0.2, -0.15) is 0 Å². The Morgan fingerprint density at radius 1 is 1.41 bits per heavy atom. The standard InChI is InChI=1S/C14H23N3/c1-16-7-5-11(9-16)10-17-8-6-12-13(15)3-2-4-14(12)17/h6,8,11,13H,2-5,7,9-10,15H2,1H3. The molecule has 2 atom stereocenters. The average Bonchev–Trinajstić information content (AvgIpc) is 2.88. The Labute approximate surface area is 104 Å². The molecule has 3 nitrogen and oxygen atoms in total. The fraction of sp³-hybridized carbons (Fsp3) is 0.714. The van der Waals surface area contributed by atoms with E-state index in [1.165, 1.54) is 50.2 Å². The predicted molar refractivity (Wildman–Crippen MR) is 69.9 cm³/mol. The van der Waals surface area contributed by atoms with Gasteiger partial charge in [-0.15, -0.1) is 0 Å². The molecule has 1 fully saturated rings. The Bertz CT molecular complexity index is 396. The molecule has 3 heteroatoms. The third-order valence-corrected chi connectivity index (χ3v) is 4.39. The van der Waals surface area contributed by atoms with Crippen molar-refractivity contribution >= 4 is 0 Å². The van der Waals surface area contributed by atoms with Crippen molar-refractivity contribution < 1.29 is 0 Å². The summed E-state index contributed by atoms with van der Waals surface area (Å²) in [5.41, 5.74) is 9.09. The van der Waals surface area contributed by atoms with Gasteiger partial charge >= 0.3 is 0 Å². The lowest BCUT2D eigenvalue weighted by molar-refractivity contribution is 0.374. The first-order valence-electron chi connectivity index (χ1n) is 6.86. The number of likely N-dealkylation sites (tertiary alicyclic amines) is 1. The molecule has 94 valence electrons. The monoisotopic (exact) mass is 233 g/mol. The van der Waals surface area contributed by atoms with Gasteiger partial charge in [-0.05, 0) is 56.8 Å². The lowest BCUT2D eigenvalue weighted by atomic mass is 9.93. The quantitative estimate of drug-likeness (QED) is 0.845. The van der Waals surface area contributed by atoms with Crippen LogP contribution >= 0.6 is 0 Å². The second-order valence-electron chi connectivity index (χ2n) is 5.79. The van der Waals surface area contributed by atoms with Crippen molar-refractivity contribution in [2.24, 2.45) is 11.7 Å². The summed E-state index contributed by atoms with van der Waals surface area (Å²) in [6.45, 7) is 3.69. The van der Waals surface area contributed by atoms with Crippen molar-refractivity contribution in [1.29, 1.82) is 0 Å². The zero-order valence-electron chi connectivity index (χ0n) is 10.7. The molecule has 1 aromatic heterocycles. The molecule has 1 saturated heterocycles. The maximum absolute atomic E-state index is 6.17. The number of rotatable bonds is 2. The van der Waals surface area contributed by atoms with Crippen LogP contribution in [0, 0.1) is 5.92 Å². The Hall–Kier alpha value is -0.800. The van der Waals surface area contributed by atoms with E-state index in [-0.39, 0.29) is 6.04 Å². The van der Waals surface area contributed by atoms with Crippen molar-refractivity contribution in [3.05, 3.63) is 23.5 Å². The Morgan fingerprint density at radius 3 is 3.06 bits per heavy atom. The summed E-state index contributed by atoms with van der Waals surface area (Å²) in [7, 11) is 2.22. The molecule has 0 saturated carbocycles. The van der Waals surface area contributed by atoms with E-state index in [4.69, 9.17) is 5.73 Å². The van der Waals surface area contributed by atoms with Crippen LogP contribution in [0.15, 0.2) is 12.3 Å². The largest absolute Gasteiger partial charge is 0.351 e. The van der Waals surface area contributed by atoms with Crippen LogP contribution in [-0.2, 0) is 13.0 Å². The van der Waals surface area contributed by atoms with Crippen molar-refractivity contribution in [3.63, 3.8) is 0 Å². The number of hydrogen-bond acceptors (Lipinski definition) is 2. The van der Waals surface area contributed by atoms with Crippen LogP contribution in [0.5, 0.6) is 0 Å². The summed E-state index contributed by atoms with van der Waals surface area (Å²) in [5, 5.41) is 0. The molecule has 0 spiro atoms. The molecular formula is C14H23N3. The Kier molecular flexibility index (Phi) is 2.97. The highest BCUT2D eigenvalue weighted by molar-refractivity contribution is 5.28. The van der Waals surface area contributed by atoms with E-state index in [1.54, 1.807) is 0 Å². The van der Waals surface area contributed by atoms with E-state index < -0.39 is 0 Å². The van der Waals surface area contributed by atoms with Crippen LogP contribution in [0.4, 0.5) is 0 Å². The molecule has 0 radical (unpaired) electrons. The van der Waals surface area contributed by atoms with Crippen molar-refractivity contribution in [3.8, 4) is 0 Å². The predicted octanol–water partition coefficient (Wildman–Crippen LogP) is 1.78. The molecule has 2 aliphatic rings. The van der Waals surface area contributed by atoms with Crippen molar-refractivity contribution in [1.82, 2.24) is 9.47 Å². The van der Waals surface area contributed by atoms with Gasteiger partial charge in [0.15, 0.2) is 0 Å². The highest BCUT2D eigenvalue weighted by Crippen LogP contribution is 2.30. The zero-order chi connectivity index (χ0) is 11.8. The first kappa shape index (κ1) is 11.3. The fourth-order valence-corrected chi connectivity index (χ4v) is 3.42. The SMILES string of the molecule is CN1CCC(Cn2ccc3c2CCCC3N)C1. The molecule has 17 heavy (non-hydrogen) atoms. The van der Waals surface area contributed by atoms with Gasteiger partial charge in [0.25, 0.3) is 0 Å². The van der Waals surface area contributed by atoms with Crippen molar-refractivity contribution in [2.75, 3.05) is 20.1 Å². The number of nitrogens with two attached hydrogens (primary N) is 1. The maximum Gasteiger partial charge on any atom is 0.0312 e. The fourth-order valence-electron chi connectivity index (χ4n) is 3.42. The van der Waals surface area contributed by atoms with E-state index in [0.29, 0.717) is 0 Å². The van der Waals surface area contributed by atoms with Crippen LogP contribution in [0.3, 0.4) is 0 Å². The smallest absolute Gasteiger partial charge is 0.0312 e. The van der Waals surface area contributed by atoms with E-state index >= 15 is 0 Å². The lowest BCUT2D eigenvalue weighted by Gasteiger charge is -2.22. The molecule has 2 unspecified atom stereocenters. The molecule has 0 bridgehead atoms. The molecule has 1 aliphatic carbocycles. The van der Waals surface area contributed by atoms with Gasteiger partial charge in [-0.25, -0.2) is 0 Å². The van der Waals surface area contributed by atoms with Crippen LogP contribution in [-0.4, -0.2) is 29.6 Å². The van der Waals surface area contributed by atoms with E-state index in [9.17, 15) is 0 Å². The molecular weight excluding hydrogens is 210 g/mol. The third-order valence-electron chi connectivity index (χ3n) is 4.39. The summed E-state index contributed by atoms with van der Waals surface area (Å²) in [5.74, 6) is 0.828. The Morgan fingerprint density at radius 2 is 2.29 bits per heavy atom. The van der Waals surface area contributed by atoms with Gasteiger partial charge in [0.05, 0.1) is 0 Å². The molecule has 1 aromatic rings. The molecule has 2 N–H and O–H groups in total. The number of nitrogens with zero attached hydrogens (tertiary/aromatic N) is 2. The summed E-state index contributed by atoms with van der Waals surface area (Å²) in [4.78, 5) is 2.44. The van der Waals surface area contributed by atoms with E-state index in [2.05, 4.69) is 28.8 Å². The van der Waals surface area contributed by atoms with Gasteiger partial charge in [-0.3, -0.25) is 0 Å². The normalized spacial score (nSPS) is 29.5. The van der Waals surface area contributed by atoms with Gasteiger partial charge in [-0.1, -0.05) is 0 Å². The second-order valence-corrected chi connectivity index (χ2v) is 5.79. The lowest BCUT2D eigenvalue weighted by Crippen LogP contribution is -2.21. The Balaban J connectivity index is 1.75. The highest BCUT2D eigenvalue weighted by Gasteiger charge is 2.24. The first-order chi connectivity index (χ1) is 8.24. The molecule has 3 rings (SSSR count). The molecule has 0 amide bonds. The van der Waals surface area contributed by atoms with Gasteiger partial charge < -0.3 is 15.2 Å². The maximum atomic E-state index is 6.17. The minimum absolute atomic E-state index is 0.284. The number of hydrogen-bond donors (Lipinski definition) is 1. The van der Waals surface area contributed by atoms with Crippen LogP contribution in [0.2, 0.25) is 0 Å². The molecule has 1 aliphatic heterocycles. The van der Waals surface area contributed by atoms with Crippen molar-refractivity contribution in [2.45, 2.75) is 38.3 Å². The number of fused-ring (bicyclic) bond motifs is 1. The third kappa shape index (κ3) is 2.14. The van der Waals surface area contributed by atoms with Crippen LogP contribution in [0.1, 0.15) is 36.6 Å². The zero-order valence-corrected chi connectivity index (χ0v) is 10.7. The highest BCUT2D eigenvalue weighted by atomic mass is 15.1. The first-order valence-corrected chi connectivity index (χ1v) is 6.86. The van der Waals surface area contributed by atoms with Gasteiger partial charge in [0, 0.05) is 31.0 Å². The van der Waals surface area contributed by atoms with Crippen LogP contribution in [0.25, 0.3) is 0 Å². The molecule has 0 aromatic carbocycles. The topological polar surface area (TPSA) is 34.2 Å².